The van der Waals surface area contributed by atoms with Gasteiger partial charge in [0.2, 0.25) is 21.8 Å². The first-order valence-electron chi connectivity index (χ1n) is 11.2. The summed E-state index contributed by atoms with van der Waals surface area (Å²) in [6.45, 7) is 5.90. The normalized spacial score (nSPS) is 12.1. The van der Waals surface area contributed by atoms with Crippen molar-refractivity contribution < 1.29 is 22.7 Å². The number of amides is 2. The number of sulfonamides is 1. The van der Waals surface area contributed by atoms with Gasteiger partial charge in [0.1, 0.15) is 11.8 Å². The topological polar surface area (TPSA) is 96.0 Å². The van der Waals surface area contributed by atoms with Crippen molar-refractivity contribution in [1.82, 2.24) is 10.2 Å². The van der Waals surface area contributed by atoms with Crippen molar-refractivity contribution in [2.75, 3.05) is 31.3 Å². The van der Waals surface area contributed by atoms with Crippen molar-refractivity contribution in [3.05, 3.63) is 59.2 Å². The molecule has 0 heterocycles. The summed E-state index contributed by atoms with van der Waals surface area (Å²) in [5.74, 6) is 0.159. The van der Waals surface area contributed by atoms with Crippen molar-refractivity contribution in [3.8, 4) is 5.75 Å². The van der Waals surface area contributed by atoms with Crippen molar-refractivity contribution >= 4 is 27.5 Å². The second-order valence-corrected chi connectivity index (χ2v) is 10.4. The van der Waals surface area contributed by atoms with Gasteiger partial charge in [0.15, 0.2) is 0 Å². The third-order valence-electron chi connectivity index (χ3n) is 5.55. The first kappa shape index (κ1) is 27.2. The molecule has 0 unspecified atom stereocenters. The Morgan fingerprint density at radius 3 is 2.29 bits per heavy atom. The molecule has 34 heavy (non-hydrogen) atoms. The smallest absolute Gasteiger partial charge is 0.242 e. The summed E-state index contributed by atoms with van der Waals surface area (Å²) >= 11 is 0. The van der Waals surface area contributed by atoms with Gasteiger partial charge in [-0.05, 0) is 68.1 Å². The van der Waals surface area contributed by atoms with E-state index in [1.54, 1.807) is 14.0 Å². The van der Waals surface area contributed by atoms with E-state index in [-0.39, 0.29) is 31.3 Å². The molecular weight excluding hydrogens is 454 g/mol. The molecule has 0 aliphatic carbocycles. The van der Waals surface area contributed by atoms with Gasteiger partial charge < -0.3 is 15.0 Å². The van der Waals surface area contributed by atoms with Gasteiger partial charge in [-0.2, -0.15) is 0 Å². The van der Waals surface area contributed by atoms with Crippen LogP contribution in [0.15, 0.2) is 42.5 Å². The number of methoxy groups -OCH3 is 1. The van der Waals surface area contributed by atoms with Crippen LogP contribution in [0.5, 0.6) is 5.75 Å². The molecule has 0 spiro atoms. The molecule has 0 fully saturated rings. The Bertz CT molecular complexity index is 1100. The zero-order valence-electron chi connectivity index (χ0n) is 20.8. The summed E-state index contributed by atoms with van der Waals surface area (Å²) in [6, 6.07) is 12.3. The van der Waals surface area contributed by atoms with Crippen LogP contribution in [-0.2, 0) is 26.2 Å². The molecule has 186 valence electrons. The first-order valence-corrected chi connectivity index (χ1v) is 13.0. The number of hydrogen-bond donors (Lipinski definition) is 1. The van der Waals surface area contributed by atoms with E-state index in [1.807, 2.05) is 56.3 Å². The van der Waals surface area contributed by atoms with Gasteiger partial charge in [-0.3, -0.25) is 13.9 Å². The highest BCUT2D eigenvalue weighted by atomic mass is 32.2. The van der Waals surface area contributed by atoms with Crippen molar-refractivity contribution in [2.24, 2.45) is 0 Å². The highest BCUT2D eigenvalue weighted by Crippen LogP contribution is 2.22. The van der Waals surface area contributed by atoms with Crippen LogP contribution in [-0.4, -0.2) is 58.1 Å². The minimum atomic E-state index is -3.53. The van der Waals surface area contributed by atoms with Crippen molar-refractivity contribution in [1.29, 1.82) is 0 Å². The molecule has 0 aliphatic heterocycles. The Morgan fingerprint density at radius 1 is 1.09 bits per heavy atom. The van der Waals surface area contributed by atoms with E-state index in [2.05, 4.69) is 5.32 Å². The number of rotatable bonds is 11. The van der Waals surface area contributed by atoms with E-state index in [1.165, 1.54) is 16.3 Å². The fraction of sp³-hybridized carbons (Fsp3) is 0.440. The number of aryl methyl sites for hydroxylation is 2. The molecule has 2 rings (SSSR count). The van der Waals surface area contributed by atoms with Crippen LogP contribution >= 0.6 is 0 Å². The van der Waals surface area contributed by atoms with E-state index >= 15 is 0 Å². The number of benzene rings is 2. The monoisotopic (exact) mass is 489 g/mol. The predicted octanol–water partition coefficient (Wildman–Crippen LogP) is 3.02. The zero-order valence-corrected chi connectivity index (χ0v) is 21.6. The van der Waals surface area contributed by atoms with Gasteiger partial charge in [-0.15, -0.1) is 0 Å². The quantitative estimate of drug-likeness (QED) is 0.523. The summed E-state index contributed by atoms with van der Waals surface area (Å²) in [4.78, 5) is 27.0. The molecule has 2 aromatic carbocycles. The van der Waals surface area contributed by atoms with Crippen LogP contribution in [0.4, 0.5) is 5.69 Å². The molecule has 0 bridgehead atoms. The lowest BCUT2D eigenvalue weighted by Crippen LogP contribution is -2.46. The Labute approximate surface area is 202 Å². The molecule has 0 saturated heterocycles. The van der Waals surface area contributed by atoms with Crippen LogP contribution in [0.3, 0.4) is 0 Å². The van der Waals surface area contributed by atoms with Crippen LogP contribution in [0.1, 0.15) is 36.5 Å². The van der Waals surface area contributed by atoms with E-state index in [9.17, 15) is 18.0 Å². The van der Waals surface area contributed by atoms with E-state index in [0.29, 0.717) is 17.9 Å². The lowest BCUT2D eigenvalue weighted by molar-refractivity contribution is -0.140. The minimum Gasteiger partial charge on any atom is -0.497 e. The van der Waals surface area contributed by atoms with Crippen molar-refractivity contribution in [2.45, 2.75) is 46.2 Å². The molecule has 0 aliphatic rings. The van der Waals surface area contributed by atoms with Crippen LogP contribution in [0, 0.1) is 13.8 Å². The number of carbonyl (C=O) groups is 2. The molecule has 1 atom stereocenters. The summed E-state index contributed by atoms with van der Waals surface area (Å²) in [5, 5.41) is 2.59. The Hall–Kier alpha value is -3.07. The maximum atomic E-state index is 13.2. The fourth-order valence-corrected chi connectivity index (χ4v) is 4.81. The van der Waals surface area contributed by atoms with Crippen molar-refractivity contribution in [3.63, 3.8) is 0 Å². The summed E-state index contributed by atoms with van der Waals surface area (Å²) < 4.78 is 31.5. The highest BCUT2D eigenvalue weighted by molar-refractivity contribution is 7.92. The van der Waals surface area contributed by atoms with E-state index in [4.69, 9.17) is 4.74 Å². The lowest BCUT2D eigenvalue weighted by atomic mass is 10.1. The fourth-order valence-electron chi connectivity index (χ4n) is 3.86. The number of nitrogens with zero attached hydrogens (tertiary/aromatic N) is 2. The van der Waals surface area contributed by atoms with Gasteiger partial charge in [0, 0.05) is 26.6 Å². The maximum absolute atomic E-state index is 13.2. The Morgan fingerprint density at radius 2 is 1.74 bits per heavy atom. The number of likely N-dealkylation sites (N-methyl/N-ethyl adjacent to an activating group) is 1. The molecule has 0 saturated carbocycles. The van der Waals surface area contributed by atoms with Gasteiger partial charge in [-0.25, -0.2) is 8.42 Å². The lowest BCUT2D eigenvalue weighted by Gasteiger charge is -2.29. The van der Waals surface area contributed by atoms with Gasteiger partial charge >= 0.3 is 0 Å². The number of anilines is 1. The van der Waals surface area contributed by atoms with Gasteiger partial charge in [0.05, 0.1) is 19.1 Å². The zero-order chi connectivity index (χ0) is 25.5. The SMILES string of the molecule is CNC(=O)[C@@H](C)N(Cc1cccc(OC)c1)C(=O)CCCN(c1cc(C)cc(C)c1)S(C)(=O)=O. The molecule has 2 aromatic rings. The maximum Gasteiger partial charge on any atom is 0.242 e. The standard InChI is InChI=1S/C25H35N3O5S/c1-18-13-19(2)15-22(14-18)28(34(6,31)32)12-8-11-24(29)27(20(3)25(30)26-4)17-21-9-7-10-23(16-21)33-5/h7,9-10,13-16,20H,8,11-12,17H2,1-6H3,(H,26,30)/t20-/m1/s1. The molecule has 2 amide bonds. The Kier molecular flexibility index (Phi) is 9.49. The van der Waals surface area contributed by atoms with E-state index < -0.39 is 16.1 Å². The third-order valence-corrected chi connectivity index (χ3v) is 6.74. The molecule has 8 nitrogen and oxygen atoms in total. The van der Waals surface area contributed by atoms with Crippen LogP contribution in [0.25, 0.3) is 0 Å². The molecule has 0 aromatic heterocycles. The number of carbonyl (C=O) groups excluding carboxylic acids is 2. The highest BCUT2D eigenvalue weighted by Gasteiger charge is 2.26. The number of hydrogen-bond acceptors (Lipinski definition) is 5. The second kappa shape index (κ2) is 11.9. The average molecular weight is 490 g/mol. The third kappa shape index (κ3) is 7.48. The minimum absolute atomic E-state index is 0.0993. The first-order chi connectivity index (χ1) is 16.0. The summed E-state index contributed by atoms with van der Waals surface area (Å²) in [7, 11) is -0.433. The predicted molar refractivity (Wildman–Crippen MR) is 134 cm³/mol. The number of nitrogens with one attached hydrogen (secondary N) is 1. The van der Waals surface area contributed by atoms with Gasteiger partial charge in [-0.1, -0.05) is 18.2 Å². The second-order valence-electron chi connectivity index (χ2n) is 8.45. The summed E-state index contributed by atoms with van der Waals surface area (Å²) in [5.41, 5.74) is 3.34. The molecule has 1 N–H and O–H groups in total. The number of ether oxygens (including phenoxy) is 1. The van der Waals surface area contributed by atoms with Crippen LogP contribution in [0.2, 0.25) is 0 Å². The van der Waals surface area contributed by atoms with E-state index in [0.717, 1.165) is 22.9 Å². The molecular formula is C25H35N3O5S. The average Bonchev–Trinajstić information content (AvgIpc) is 2.77. The largest absolute Gasteiger partial charge is 0.497 e. The molecule has 9 heteroatoms. The summed E-state index contributed by atoms with van der Waals surface area (Å²) in [6.07, 6.45) is 1.57. The van der Waals surface area contributed by atoms with Crippen LogP contribution < -0.4 is 14.4 Å². The van der Waals surface area contributed by atoms with Gasteiger partial charge in [0.25, 0.3) is 0 Å². The molecule has 0 radical (unpaired) electrons. The Balaban J connectivity index is 2.18.